The summed E-state index contributed by atoms with van der Waals surface area (Å²) in [6.07, 6.45) is 22.1. The summed E-state index contributed by atoms with van der Waals surface area (Å²) in [5.74, 6) is 0. The minimum atomic E-state index is 1.29. The summed E-state index contributed by atoms with van der Waals surface area (Å²) in [5, 5.41) is 5.51. The summed E-state index contributed by atoms with van der Waals surface area (Å²) in [5.41, 5.74) is 0. The molecule has 158 valence electrons. The van der Waals surface area contributed by atoms with E-state index in [1.807, 2.05) is 0 Å². The first-order chi connectivity index (χ1) is 12.8. The maximum atomic E-state index is 2.75. The molecule has 0 heterocycles. The van der Waals surface area contributed by atoms with Gasteiger partial charge in [0.2, 0.25) is 0 Å². The van der Waals surface area contributed by atoms with Gasteiger partial charge >= 0.3 is 0 Å². The Hall–Kier alpha value is -0.0800. The molecule has 0 radical (unpaired) electrons. The monoisotopic (exact) mass is 368 g/mol. The quantitative estimate of drug-likeness (QED) is 0.150. The molecule has 0 aromatic heterocycles. The van der Waals surface area contributed by atoms with Crippen molar-refractivity contribution >= 4 is 0 Å². The zero-order valence-electron chi connectivity index (χ0n) is 19.0. The summed E-state index contributed by atoms with van der Waals surface area (Å²) in [4.78, 5) is 0. The third kappa shape index (κ3) is 16.1. The van der Waals surface area contributed by atoms with Gasteiger partial charge in [0.1, 0.15) is 0 Å². The van der Waals surface area contributed by atoms with Crippen molar-refractivity contribution < 1.29 is 0 Å². The largest absolute Gasteiger partial charge is 0.242 e. The molecule has 0 unspecified atom stereocenters. The van der Waals surface area contributed by atoms with E-state index in [9.17, 15) is 0 Å². The molecule has 0 spiro atoms. The van der Waals surface area contributed by atoms with Gasteiger partial charge in [0.15, 0.2) is 0 Å². The molecule has 0 aliphatic heterocycles. The van der Waals surface area contributed by atoms with Crippen molar-refractivity contribution in [1.82, 2.24) is 10.0 Å². The maximum absolute atomic E-state index is 2.75. The van der Waals surface area contributed by atoms with Gasteiger partial charge in [-0.1, -0.05) is 105 Å². The Morgan fingerprint density at radius 2 is 0.538 bits per heavy atom. The molecule has 0 aliphatic rings. The Bertz CT molecular complexity index is 205. The average molecular weight is 369 g/mol. The van der Waals surface area contributed by atoms with E-state index in [0.29, 0.717) is 0 Å². The molecule has 0 rings (SSSR count). The second-order valence-corrected chi connectivity index (χ2v) is 8.15. The standard InChI is InChI=1S/C24H52N2/c1-5-9-13-17-21-25(22-18-14-10-6-2)26(23-19-15-11-7-3)24-20-16-12-8-4/h5-24H2,1-4H3. The second kappa shape index (κ2) is 21.2. The normalized spacial score (nSPS) is 11.8. The zero-order valence-corrected chi connectivity index (χ0v) is 19.0. The van der Waals surface area contributed by atoms with Gasteiger partial charge in [-0.25, -0.2) is 10.0 Å². The topological polar surface area (TPSA) is 6.48 Å². The van der Waals surface area contributed by atoms with Crippen molar-refractivity contribution in [2.24, 2.45) is 0 Å². The highest BCUT2D eigenvalue weighted by atomic mass is 15.6. The molecule has 0 N–H and O–H groups in total. The van der Waals surface area contributed by atoms with E-state index in [4.69, 9.17) is 0 Å². The Balaban J connectivity index is 4.52. The van der Waals surface area contributed by atoms with Crippen molar-refractivity contribution in [3.8, 4) is 0 Å². The van der Waals surface area contributed by atoms with Crippen LogP contribution in [0, 0.1) is 0 Å². The van der Waals surface area contributed by atoms with Gasteiger partial charge in [-0.05, 0) is 25.7 Å². The number of hydrazine groups is 1. The molecule has 26 heavy (non-hydrogen) atoms. The predicted molar refractivity (Wildman–Crippen MR) is 120 cm³/mol. The second-order valence-electron chi connectivity index (χ2n) is 8.15. The van der Waals surface area contributed by atoms with E-state index in [1.165, 1.54) is 129 Å². The van der Waals surface area contributed by atoms with E-state index in [2.05, 4.69) is 37.7 Å². The van der Waals surface area contributed by atoms with Crippen molar-refractivity contribution in [2.45, 2.75) is 130 Å². The van der Waals surface area contributed by atoms with Gasteiger partial charge in [-0.2, -0.15) is 0 Å². The molecule has 0 saturated carbocycles. The van der Waals surface area contributed by atoms with Crippen LogP contribution in [-0.4, -0.2) is 36.2 Å². The molecule has 0 saturated heterocycles. The maximum Gasteiger partial charge on any atom is 0.0133 e. The van der Waals surface area contributed by atoms with Crippen LogP contribution in [0.3, 0.4) is 0 Å². The van der Waals surface area contributed by atoms with Gasteiger partial charge in [0.05, 0.1) is 0 Å². The van der Waals surface area contributed by atoms with Crippen LogP contribution in [0.2, 0.25) is 0 Å². The van der Waals surface area contributed by atoms with E-state index >= 15 is 0 Å². The third-order valence-electron chi connectivity index (χ3n) is 5.48. The highest BCUT2D eigenvalue weighted by Gasteiger charge is 2.14. The molecule has 0 aliphatic carbocycles. The van der Waals surface area contributed by atoms with Crippen LogP contribution in [0.1, 0.15) is 130 Å². The average Bonchev–Trinajstić information content (AvgIpc) is 2.66. The highest BCUT2D eigenvalue weighted by molar-refractivity contribution is 4.62. The molecular weight excluding hydrogens is 316 g/mol. The van der Waals surface area contributed by atoms with Crippen molar-refractivity contribution in [1.29, 1.82) is 0 Å². The van der Waals surface area contributed by atoms with Crippen LogP contribution in [0.5, 0.6) is 0 Å². The predicted octanol–water partition coefficient (Wildman–Crippen LogP) is 7.83. The van der Waals surface area contributed by atoms with E-state index < -0.39 is 0 Å². The molecule has 0 bridgehead atoms. The van der Waals surface area contributed by atoms with Crippen LogP contribution >= 0.6 is 0 Å². The first-order valence-corrected chi connectivity index (χ1v) is 12.3. The van der Waals surface area contributed by atoms with Gasteiger partial charge in [0, 0.05) is 26.2 Å². The van der Waals surface area contributed by atoms with Crippen LogP contribution < -0.4 is 0 Å². The molecule has 2 nitrogen and oxygen atoms in total. The molecule has 0 amide bonds. The number of rotatable bonds is 21. The van der Waals surface area contributed by atoms with Gasteiger partial charge in [-0.15, -0.1) is 0 Å². The highest BCUT2D eigenvalue weighted by Crippen LogP contribution is 2.12. The molecule has 0 fully saturated rings. The SMILES string of the molecule is CCCCCCN(CCCCCC)N(CCCCCC)CCCCCC. The third-order valence-corrected chi connectivity index (χ3v) is 5.48. The first-order valence-electron chi connectivity index (χ1n) is 12.3. The zero-order chi connectivity index (χ0) is 19.3. The van der Waals surface area contributed by atoms with Gasteiger partial charge < -0.3 is 0 Å². The minimum absolute atomic E-state index is 1.29. The summed E-state index contributed by atoms with van der Waals surface area (Å²) in [6.45, 7) is 14.4. The number of unbranched alkanes of at least 4 members (excludes halogenated alkanes) is 12. The van der Waals surface area contributed by atoms with Crippen molar-refractivity contribution in [3.63, 3.8) is 0 Å². The van der Waals surface area contributed by atoms with E-state index in [0.717, 1.165) is 0 Å². The Morgan fingerprint density at radius 1 is 0.308 bits per heavy atom. The molecule has 0 aromatic carbocycles. The Morgan fingerprint density at radius 3 is 0.731 bits per heavy atom. The van der Waals surface area contributed by atoms with Crippen molar-refractivity contribution in [2.75, 3.05) is 26.2 Å². The molecular formula is C24H52N2. The van der Waals surface area contributed by atoms with E-state index in [1.54, 1.807) is 0 Å². The van der Waals surface area contributed by atoms with Crippen LogP contribution in [0.15, 0.2) is 0 Å². The lowest BCUT2D eigenvalue weighted by Gasteiger charge is -2.35. The smallest absolute Gasteiger partial charge is 0.0133 e. The summed E-state index contributed by atoms with van der Waals surface area (Å²) < 4.78 is 0. The Labute approximate surface area is 167 Å². The Kier molecular flexibility index (Phi) is 21.2. The van der Waals surface area contributed by atoms with Gasteiger partial charge in [0.25, 0.3) is 0 Å². The minimum Gasteiger partial charge on any atom is -0.242 e. The van der Waals surface area contributed by atoms with Crippen LogP contribution in [-0.2, 0) is 0 Å². The van der Waals surface area contributed by atoms with Crippen molar-refractivity contribution in [3.05, 3.63) is 0 Å². The summed E-state index contributed by atoms with van der Waals surface area (Å²) in [6, 6.07) is 0. The van der Waals surface area contributed by atoms with Gasteiger partial charge in [-0.3, -0.25) is 0 Å². The van der Waals surface area contributed by atoms with Crippen LogP contribution in [0.4, 0.5) is 0 Å². The first kappa shape index (κ1) is 25.9. The fourth-order valence-electron chi connectivity index (χ4n) is 3.67. The lowest BCUT2D eigenvalue weighted by Crippen LogP contribution is -2.45. The summed E-state index contributed by atoms with van der Waals surface area (Å²) in [7, 11) is 0. The molecule has 0 atom stereocenters. The lowest BCUT2D eigenvalue weighted by atomic mass is 10.1. The number of hydrogen-bond donors (Lipinski definition) is 0. The molecule has 2 heteroatoms. The molecule has 0 aromatic rings. The fraction of sp³-hybridized carbons (Fsp3) is 1.00. The summed E-state index contributed by atoms with van der Waals surface area (Å²) >= 11 is 0. The van der Waals surface area contributed by atoms with Crippen LogP contribution in [0.25, 0.3) is 0 Å². The number of hydrogen-bond acceptors (Lipinski definition) is 2. The lowest BCUT2D eigenvalue weighted by molar-refractivity contribution is -0.0307. The fourth-order valence-corrected chi connectivity index (χ4v) is 3.67. The van der Waals surface area contributed by atoms with E-state index in [-0.39, 0.29) is 0 Å². The number of nitrogens with zero attached hydrogens (tertiary/aromatic N) is 2.